The standard InChI is InChI=1S/C16H25N2O.F6P/c1-6-10-14(11-7-2)13-15(12-8-3)18(5,17)16(19)9-4;1-7(2,3,4,5)6/h6-9,13,15H,1-4,10-12,17H2,5H3;/q+1;-1. The van der Waals surface area contributed by atoms with Crippen molar-refractivity contribution in [1.29, 1.82) is 0 Å². The molecular weight excluding hydrogens is 381 g/mol. The Bertz CT molecular complexity index is 555. The summed E-state index contributed by atoms with van der Waals surface area (Å²) in [6, 6.07) is -0.169. The van der Waals surface area contributed by atoms with Crippen LogP contribution in [0.2, 0.25) is 0 Å². The molecule has 152 valence electrons. The van der Waals surface area contributed by atoms with Crippen molar-refractivity contribution >= 4 is 13.7 Å². The van der Waals surface area contributed by atoms with Gasteiger partial charge in [0.15, 0.2) is 0 Å². The number of hydrogen-bond acceptors (Lipinski definition) is 2. The summed E-state index contributed by atoms with van der Waals surface area (Å²) in [6.45, 7) is 14.7. The second-order valence-corrected chi connectivity index (χ2v) is 7.47. The number of allylic oxidation sites excluding steroid dienone is 3. The van der Waals surface area contributed by atoms with Crippen molar-refractivity contribution in [3.63, 3.8) is 0 Å². The molecule has 26 heavy (non-hydrogen) atoms. The van der Waals surface area contributed by atoms with E-state index in [4.69, 9.17) is 5.84 Å². The molecule has 0 heterocycles. The molecule has 2 unspecified atom stereocenters. The summed E-state index contributed by atoms with van der Waals surface area (Å²) >= 11 is 0. The van der Waals surface area contributed by atoms with Gasteiger partial charge in [0, 0.05) is 12.5 Å². The number of quaternary nitrogens is 1. The molecule has 3 nitrogen and oxygen atoms in total. The number of hydrogen-bond donors (Lipinski definition) is 1. The quantitative estimate of drug-likeness (QED) is 0.0701. The van der Waals surface area contributed by atoms with E-state index in [0.29, 0.717) is 6.42 Å². The average molecular weight is 406 g/mol. The maximum atomic E-state index is 11.9. The maximum absolute atomic E-state index is 11.9. The Kier molecular flexibility index (Phi) is 8.97. The van der Waals surface area contributed by atoms with Crippen LogP contribution in [0.3, 0.4) is 0 Å². The number of nitrogens with zero attached hydrogens (tertiary/aromatic N) is 1. The number of rotatable bonds is 9. The van der Waals surface area contributed by atoms with Crippen LogP contribution in [0.1, 0.15) is 19.3 Å². The molecule has 0 fully saturated rings. The Morgan fingerprint density at radius 1 is 1.00 bits per heavy atom. The van der Waals surface area contributed by atoms with Crippen LogP contribution in [0, 0.1) is 0 Å². The van der Waals surface area contributed by atoms with E-state index in [-0.39, 0.29) is 16.5 Å². The second-order valence-electron chi connectivity index (χ2n) is 5.55. The predicted molar refractivity (Wildman–Crippen MR) is 95.5 cm³/mol. The number of carbonyl (C=O) groups excluding carboxylic acids is 1. The SMILES string of the molecule is C=CCC(=CC(CC=C)[N+](C)(N)C(=O)C=C)CC=C.F[P-](F)(F)(F)(F)F. The molecule has 0 aromatic heterocycles. The fraction of sp³-hybridized carbons (Fsp3) is 0.312. The number of likely N-dealkylation sites (N-methyl/N-ethyl adjacent to an activating group) is 1. The molecule has 0 aliphatic carbocycles. The summed E-state index contributed by atoms with van der Waals surface area (Å²) in [4.78, 5) is 11.9. The van der Waals surface area contributed by atoms with Gasteiger partial charge in [0.05, 0.1) is 7.05 Å². The molecule has 0 bridgehead atoms. The Labute approximate surface area is 149 Å². The fourth-order valence-electron chi connectivity index (χ4n) is 1.84. The Morgan fingerprint density at radius 3 is 1.65 bits per heavy atom. The summed E-state index contributed by atoms with van der Waals surface area (Å²) < 4.78 is 58.9. The van der Waals surface area contributed by atoms with Gasteiger partial charge in [0.1, 0.15) is 6.04 Å². The third kappa shape index (κ3) is 15.8. The number of amides is 1. The van der Waals surface area contributed by atoms with E-state index in [1.165, 1.54) is 6.08 Å². The zero-order chi connectivity index (χ0) is 21.3. The molecule has 2 atom stereocenters. The summed E-state index contributed by atoms with van der Waals surface area (Å²) in [6.07, 6.45) is 10.8. The molecule has 0 saturated heterocycles. The summed E-state index contributed by atoms with van der Waals surface area (Å²) in [5.41, 5.74) is 1.14. The first kappa shape index (κ1) is 26.5. The van der Waals surface area contributed by atoms with Crippen molar-refractivity contribution in [2.75, 3.05) is 7.05 Å². The van der Waals surface area contributed by atoms with Crippen LogP contribution in [-0.2, 0) is 4.79 Å². The van der Waals surface area contributed by atoms with E-state index >= 15 is 0 Å². The van der Waals surface area contributed by atoms with Crippen molar-refractivity contribution < 1.29 is 34.6 Å². The first-order valence-corrected chi connectivity index (χ1v) is 9.32. The molecule has 2 N–H and O–H groups in total. The number of nitrogens with two attached hydrogens (primary N) is 1. The van der Waals surface area contributed by atoms with E-state index in [0.717, 1.165) is 18.4 Å². The van der Waals surface area contributed by atoms with Crippen LogP contribution in [0.4, 0.5) is 25.2 Å². The topological polar surface area (TPSA) is 43.1 Å². The molecule has 10 heteroatoms. The van der Waals surface area contributed by atoms with Gasteiger partial charge in [0.2, 0.25) is 0 Å². The van der Waals surface area contributed by atoms with Gasteiger partial charge >= 0.3 is 38.9 Å². The van der Waals surface area contributed by atoms with Crippen molar-refractivity contribution in [1.82, 2.24) is 0 Å². The minimum atomic E-state index is -10.7. The van der Waals surface area contributed by atoms with Crippen molar-refractivity contribution in [2.45, 2.75) is 25.3 Å². The summed E-state index contributed by atoms with van der Waals surface area (Å²) in [7, 11) is -8.98. The normalized spacial score (nSPS) is 16.9. The Morgan fingerprint density at radius 2 is 1.38 bits per heavy atom. The van der Waals surface area contributed by atoms with Gasteiger partial charge in [-0.05, 0) is 18.9 Å². The average Bonchev–Trinajstić information content (AvgIpc) is 2.43. The van der Waals surface area contributed by atoms with Crippen molar-refractivity contribution in [3.8, 4) is 0 Å². The van der Waals surface area contributed by atoms with E-state index in [2.05, 4.69) is 26.3 Å². The number of halogens is 6. The molecule has 1 amide bonds. The van der Waals surface area contributed by atoms with Gasteiger partial charge < -0.3 is 0 Å². The van der Waals surface area contributed by atoms with Gasteiger partial charge in [-0.25, -0.2) is 4.79 Å². The first-order chi connectivity index (χ1) is 11.4. The van der Waals surface area contributed by atoms with Gasteiger partial charge in [-0.15, -0.1) is 19.7 Å². The van der Waals surface area contributed by atoms with E-state index in [1.54, 1.807) is 13.1 Å². The molecule has 0 aliphatic heterocycles. The van der Waals surface area contributed by atoms with Gasteiger partial charge in [-0.3, -0.25) is 0 Å². The van der Waals surface area contributed by atoms with Crippen LogP contribution in [-0.4, -0.2) is 23.6 Å². The molecule has 0 aliphatic rings. The van der Waals surface area contributed by atoms with E-state index in [1.807, 2.05) is 18.2 Å². The molecule has 0 radical (unpaired) electrons. The molecule has 0 rings (SSSR count). The molecular formula is C16H25F6N2OP. The Balaban J connectivity index is 0. The summed E-state index contributed by atoms with van der Waals surface area (Å²) in [5.74, 6) is 5.89. The van der Waals surface area contributed by atoms with E-state index < -0.39 is 7.81 Å². The molecule has 0 aromatic carbocycles. The third-order valence-electron chi connectivity index (χ3n) is 2.99. The predicted octanol–water partition coefficient (Wildman–Crippen LogP) is 6.43. The van der Waals surface area contributed by atoms with E-state index in [9.17, 15) is 30.0 Å². The zero-order valence-electron chi connectivity index (χ0n) is 14.6. The van der Waals surface area contributed by atoms with Crippen molar-refractivity contribution in [3.05, 3.63) is 62.3 Å². The van der Waals surface area contributed by atoms with Crippen LogP contribution in [0.5, 0.6) is 0 Å². The Hall–Kier alpha value is -1.70. The van der Waals surface area contributed by atoms with Gasteiger partial charge in [-0.1, -0.05) is 30.4 Å². The molecule has 0 aromatic rings. The third-order valence-corrected chi connectivity index (χ3v) is 2.99. The second kappa shape index (κ2) is 8.79. The van der Waals surface area contributed by atoms with Crippen LogP contribution < -0.4 is 5.84 Å². The minimum absolute atomic E-state index is 0.169. The molecule has 0 saturated carbocycles. The fourth-order valence-corrected chi connectivity index (χ4v) is 1.84. The van der Waals surface area contributed by atoms with Crippen LogP contribution >= 0.6 is 7.81 Å². The van der Waals surface area contributed by atoms with Gasteiger partial charge in [0.25, 0.3) is 0 Å². The first-order valence-electron chi connectivity index (χ1n) is 7.29. The van der Waals surface area contributed by atoms with Crippen LogP contribution in [0.15, 0.2) is 62.3 Å². The molecule has 0 spiro atoms. The van der Waals surface area contributed by atoms with Crippen LogP contribution in [0.25, 0.3) is 0 Å². The zero-order valence-corrected chi connectivity index (χ0v) is 15.5. The summed E-state index contributed by atoms with van der Waals surface area (Å²) in [5, 5.41) is 0. The van der Waals surface area contributed by atoms with Crippen molar-refractivity contribution in [2.24, 2.45) is 5.84 Å². The monoisotopic (exact) mass is 406 g/mol. The number of carbonyl (C=O) groups is 1. The van der Waals surface area contributed by atoms with Gasteiger partial charge in [-0.2, -0.15) is 10.4 Å².